The Hall–Kier alpha value is -1.23. The Morgan fingerprint density at radius 2 is 2.07 bits per heavy atom. The fourth-order valence-corrected chi connectivity index (χ4v) is 1.58. The normalized spacial score (nSPS) is 9.93. The van der Waals surface area contributed by atoms with E-state index < -0.39 is 4.92 Å². The Morgan fingerprint density at radius 1 is 1.50 bits per heavy atom. The van der Waals surface area contributed by atoms with Crippen LogP contribution in [-0.2, 0) is 0 Å². The molecule has 14 heavy (non-hydrogen) atoms. The number of nitro groups is 1. The summed E-state index contributed by atoms with van der Waals surface area (Å²) in [4.78, 5) is 21.1. The molecular formula is C9H8BrNO3. The lowest BCUT2D eigenvalue weighted by atomic mass is 10.1. The zero-order valence-corrected chi connectivity index (χ0v) is 9.29. The van der Waals surface area contributed by atoms with Gasteiger partial charge in [-0.25, -0.2) is 0 Å². The van der Waals surface area contributed by atoms with Crippen molar-refractivity contribution in [2.45, 2.75) is 13.8 Å². The van der Waals surface area contributed by atoms with Crippen molar-refractivity contribution in [1.82, 2.24) is 0 Å². The molecule has 0 atom stereocenters. The number of Topliss-reactive ketones (excluding diaryl/α,β-unsaturated/α-hetero) is 1. The summed E-state index contributed by atoms with van der Waals surface area (Å²) >= 11 is 3.18. The quantitative estimate of drug-likeness (QED) is 0.465. The molecule has 0 saturated heterocycles. The number of hydrogen-bond donors (Lipinski definition) is 0. The lowest BCUT2D eigenvalue weighted by molar-refractivity contribution is -0.385. The highest BCUT2D eigenvalue weighted by Crippen LogP contribution is 2.26. The van der Waals surface area contributed by atoms with Gasteiger partial charge in [0, 0.05) is 22.2 Å². The number of ketones is 1. The van der Waals surface area contributed by atoms with Gasteiger partial charge in [-0.15, -0.1) is 0 Å². The van der Waals surface area contributed by atoms with Crippen LogP contribution in [0.4, 0.5) is 5.69 Å². The largest absolute Gasteiger partial charge is 0.294 e. The van der Waals surface area contributed by atoms with Crippen LogP contribution in [-0.4, -0.2) is 10.7 Å². The second-order valence-corrected chi connectivity index (χ2v) is 3.77. The molecule has 0 heterocycles. The Kier molecular flexibility index (Phi) is 3.00. The van der Waals surface area contributed by atoms with Gasteiger partial charge in [0.15, 0.2) is 5.78 Å². The van der Waals surface area contributed by atoms with Crippen molar-refractivity contribution >= 4 is 27.4 Å². The van der Waals surface area contributed by atoms with Crippen molar-refractivity contribution in [2.24, 2.45) is 0 Å². The van der Waals surface area contributed by atoms with Gasteiger partial charge in [-0.1, -0.05) is 15.9 Å². The molecule has 0 bridgehead atoms. The van der Waals surface area contributed by atoms with Gasteiger partial charge in [0.05, 0.1) is 4.92 Å². The smallest absolute Gasteiger partial charge is 0.271 e. The molecular weight excluding hydrogens is 250 g/mol. The van der Waals surface area contributed by atoms with Gasteiger partial charge in [0.2, 0.25) is 0 Å². The Bertz CT molecular complexity index is 415. The van der Waals surface area contributed by atoms with Crippen molar-refractivity contribution in [3.63, 3.8) is 0 Å². The molecule has 0 saturated carbocycles. The first kappa shape index (κ1) is 10.8. The Balaban J connectivity index is 3.43. The van der Waals surface area contributed by atoms with Crippen LogP contribution < -0.4 is 0 Å². The Labute approximate surface area is 89.2 Å². The van der Waals surface area contributed by atoms with Gasteiger partial charge >= 0.3 is 0 Å². The van der Waals surface area contributed by atoms with Crippen molar-refractivity contribution in [3.05, 3.63) is 37.8 Å². The second kappa shape index (κ2) is 3.88. The molecule has 4 nitrogen and oxygen atoms in total. The molecule has 0 fully saturated rings. The van der Waals surface area contributed by atoms with E-state index in [1.54, 1.807) is 6.92 Å². The molecule has 0 aliphatic heterocycles. The highest BCUT2D eigenvalue weighted by atomic mass is 79.9. The van der Waals surface area contributed by atoms with Crippen LogP contribution in [0.1, 0.15) is 22.8 Å². The number of rotatable bonds is 2. The van der Waals surface area contributed by atoms with E-state index >= 15 is 0 Å². The maximum Gasteiger partial charge on any atom is 0.271 e. The number of benzene rings is 1. The van der Waals surface area contributed by atoms with E-state index in [4.69, 9.17) is 0 Å². The zero-order valence-electron chi connectivity index (χ0n) is 7.70. The maximum atomic E-state index is 11.1. The van der Waals surface area contributed by atoms with Crippen LogP contribution >= 0.6 is 15.9 Å². The molecule has 0 aromatic heterocycles. The predicted molar refractivity (Wildman–Crippen MR) is 55.5 cm³/mol. The summed E-state index contributed by atoms with van der Waals surface area (Å²) in [5.74, 6) is -0.174. The van der Waals surface area contributed by atoms with E-state index in [9.17, 15) is 14.9 Å². The van der Waals surface area contributed by atoms with Gasteiger partial charge < -0.3 is 0 Å². The summed E-state index contributed by atoms with van der Waals surface area (Å²) < 4.78 is 0.580. The second-order valence-electron chi connectivity index (χ2n) is 2.91. The third kappa shape index (κ3) is 1.98. The van der Waals surface area contributed by atoms with E-state index in [1.165, 1.54) is 19.1 Å². The topological polar surface area (TPSA) is 60.2 Å². The molecule has 1 aromatic rings. The van der Waals surface area contributed by atoms with E-state index in [0.717, 1.165) is 5.56 Å². The average Bonchev–Trinajstić information content (AvgIpc) is 2.08. The van der Waals surface area contributed by atoms with Crippen LogP contribution in [0.15, 0.2) is 16.6 Å². The number of nitro benzene ring substituents is 1. The molecule has 0 amide bonds. The summed E-state index contributed by atoms with van der Waals surface area (Å²) in [7, 11) is 0. The highest BCUT2D eigenvalue weighted by Gasteiger charge is 2.14. The van der Waals surface area contributed by atoms with Crippen molar-refractivity contribution in [3.8, 4) is 0 Å². The molecule has 0 N–H and O–H groups in total. The molecule has 74 valence electrons. The maximum absolute atomic E-state index is 11.1. The third-order valence-corrected chi connectivity index (χ3v) is 2.74. The summed E-state index contributed by atoms with van der Waals surface area (Å²) in [6.45, 7) is 3.13. The van der Waals surface area contributed by atoms with Gasteiger partial charge in [0.25, 0.3) is 5.69 Å². The molecule has 0 aliphatic carbocycles. The standard InChI is InChI=1S/C9H8BrNO3/c1-5-8(6(2)12)3-7(11(13)14)4-9(5)10/h3-4H,1-2H3. The van der Waals surface area contributed by atoms with Gasteiger partial charge in [0.1, 0.15) is 0 Å². The first-order valence-electron chi connectivity index (χ1n) is 3.89. The summed E-state index contributed by atoms with van der Waals surface area (Å²) in [6.07, 6.45) is 0. The number of hydrogen-bond acceptors (Lipinski definition) is 3. The van der Waals surface area contributed by atoms with E-state index in [2.05, 4.69) is 15.9 Å². The molecule has 5 heteroatoms. The summed E-state index contributed by atoms with van der Waals surface area (Å²) in [6, 6.07) is 2.68. The SMILES string of the molecule is CC(=O)c1cc([N+](=O)[O-])cc(Br)c1C. The lowest BCUT2D eigenvalue weighted by Crippen LogP contribution is -1.99. The number of nitrogens with zero attached hydrogens (tertiary/aromatic N) is 1. The van der Waals surface area contributed by atoms with Crippen LogP contribution in [0.5, 0.6) is 0 Å². The first-order valence-corrected chi connectivity index (χ1v) is 4.68. The molecule has 1 rings (SSSR count). The number of carbonyl (C=O) groups is 1. The summed E-state index contributed by atoms with van der Waals surface area (Å²) in [5, 5.41) is 10.5. The minimum atomic E-state index is -0.517. The fraction of sp³-hybridized carbons (Fsp3) is 0.222. The molecule has 1 aromatic carbocycles. The van der Waals surface area contributed by atoms with Gasteiger partial charge in [-0.2, -0.15) is 0 Å². The lowest BCUT2D eigenvalue weighted by Gasteiger charge is -2.03. The molecule has 0 radical (unpaired) electrons. The van der Waals surface area contributed by atoms with Crippen molar-refractivity contribution in [1.29, 1.82) is 0 Å². The molecule has 0 spiro atoms. The monoisotopic (exact) mass is 257 g/mol. The van der Waals surface area contributed by atoms with E-state index in [0.29, 0.717) is 10.0 Å². The van der Waals surface area contributed by atoms with Gasteiger partial charge in [-0.05, 0) is 19.4 Å². The zero-order chi connectivity index (χ0) is 10.9. The predicted octanol–water partition coefficient (Wildman–Crippen LogP) is 2.87. The minimum absolute atomic E-state index is 0.0762. The first-order chi connectivity index (χ1) is 6.43. The van der Waals surface area contributed by atoms with Crippen molar-refractivity contribution in [2.75, 3.05) is 0 Å². The van der Waals surface area contributed by atoms with E-state index in [-0.39, 0.29) is 11.5 Å². The fourth-order valence-electron chi connectivity index (χ4n) is 1.14. The number of halogens is 1. The van der Waals surface area contributed by atoms with Crippen LogP contribution in [0.3, 0.4) is 0 Å². The van der Waals surface area contributed by atoms with Crippen LogP contribution in [0.2, 0.25) is 0 Å². The molecule has 0 unspecified atom stereocenters. The minimum Gasteiger partial charge on any atom is -0.294 e. The van der Waals surface area contributed by atoms with E-state index in [1.807, 2.05) is 0 Å². The summed E-state index contributed by atoms with van der Waals surface area (Å²) in [5.41, 5.74) is 1.03. The number of carbonyl (C=O) groups excluding carboxylic acids is 1. The average molecular weight is 258 g/mol. The third-order valence-electron chi connectivity index (χ3n) is 1.92. The van der Waals surface area contributed by atoms with Crippen molar-refractivity contribution < 1.29 is 9.72 Å². The molecule has 0 aliphatic rings. The van der Waals surface area contributed by atoms with Crippen LogP contribution in [0, 0.1) is 17.0 Å². The van der Waals surface area contributed by atoms with Crippen LogP contribution in [0.25, 0.3) is 0 Å². The Morgan fingerprint density at radius 3 is 2.50 bits per heavy atom. The highest BCUT2D eigenvalue weighted by molar-refractivity contribution is 9.10. The van der Waals surface area contributed by atoms with Gasteiger partial charge in [-0.3, -0.25) is 14.9 Å². The number of non-ortho nitro benzene ring substituents is 1.